The minimum Gasteiger partial charge on any atom is -0.352 e. The maximum Gasteiger partial charge on any atom is 0.229 e. The van der Waals surface area contributed by atoms with Gasteiger partial charge in [-0.05, 0) is 37.3 Å². The molecule has 2 heterocycles. The van der Waals surface area contributed by atoms with E-state index in [-0.39, 0.29) is 17.9 Å². The van der Waals surface area contributed by atoms with E-state index in [4.69, 9.17) is 0 Å². The van der Waals surface area contributed by atoms with E-state index in [1.165, 1.54) is 5.56 Å². The van der Waals surface area contributed by atoms with Crippen LogP contribution in [0.4, 0.5) is 0 Å². The van der Waals surface area contributed by atoms with Gasteiger partial charge in [-0.15, -0.1) is 0 Å². The zero-order chi connectivity index (χ0) is 13.2. The second kappa shape index (κ2) is 5.41. The molecule has 1 aromatic rings. The zero-order valence-electron chi connectivity index (χ0n) is 10.8. The number of aryl methyl sites for hydroxylation is 1. The van der Waals surface area contributed by atoms with Gasteiger partial charge in [0.2, 0.25) is 5.91 Å². The number of nitrogens with one attached hydrogen (secondary N) is 1. The normalized spacial score (nSPS) is 29.8. The third-order valence-corrected chi connectivity index (χ3v) is 5.40. The van der Waals surface area contributed by atoms with Gasteiger partial charge in [0, 0.05) is 34.5 Å². The number of carbonyl (C=O) groups is 1. The minimum absolute atomic E-state index is 0.0588. The Morgan fingerprint density at radius 2 is 2.32 bits per heavy atom. The van der Waals surface area contributed by atoms with Crippen molar-refractivity contribution in [1.82, 2.24) is 10.3 Å². The highest BCUT2D eigenvalue weighted by Gasteiger charge is 2.30. The van der Waals surface area contributed by atoms with E-state index in [0.717, 1.165) is 31.4 Å². The SMILES string of the molecule is O=C(NC1CCS(=O)C1)C1CCCc2cccnc21. The molecule has 3 atom stereocenters. The molecule has 1 N–H and O–H groups in total. The molecule has 3 unspecified atom stereocenters. The van der Waals surface area contributed by atoms with Gasteiger partial charge in [-0.3, -0.25) is 14.0 Å². The highest BCUT2D eigenvalue weighted by molar-refractivity contribution is 7.85. The Labute approximate surface area is 115 Å². The summed E-state index contributed by atoms with van der Waals surface area (Å²) in [6.07, 6.45) is 5.51. The maximum absolute atomic E-state index is 12.4. The number of fused-ring (bicyclic) bond motifs is 1. The van der Waals surface area contributed by atoms with Gasteiger partial charge >= 0.3 is 0 Å². The van der Waals surface area contributed by atoms with E-state index >= 15 is 0 Å². The first-order valence-electron chi connectivity index (χ1n) is 6.83. The summed E-state index contributed by atoms with van der Waals surface area (Å²) in [7, 11) is -0.750. The van der Waals surface area contributed by atoms with Crippen LogP contribution in [0, 0.1) is 0 Å². The van der Waals surface area contributed by atoms with E-state index in [1.54, 1.807) is 6.20 Å². The number of amides is 1. The van der Waals surface area contributed by atoms with Crippen LogP contribution in [0.3, 0.4) is 0 Å². The largest absolute Gasteiger partial charge is 0.352 e. The lowest BCUT2D eigenvalue weighted by molar-refractivity contribution is -0.123. The molecule has 5 heteroatoms. The van der Waals surface area contributed by atoms with Crippen LogP contribution < -0.4 is 5.32 Å². The Kier molecular flexibility index (Phi) is 3.64. The Morgan fingerprint density at radius 3 is 3.11 bits per heavy atom. The number of hydrogen-bond acceptors (Lipinski definition) is 3. The van der Waals surface area contributed by atoms with Crippen molar-refractivity contribution in [1.29, 1.82) is 0 Å². The number of hydrogen-bond donors (Lipinski definition) is 1. The summed E-state index contributed by atoms with van der Waals surface area (Å²) in [6, 6.07) is 4.08. The topological polar surface area (TPSA) is 59.1 Å². The lowest BCUT2D eigenvalue weighted by atomic mass is 9.86. The van der Waals surface area contributed by atoms with Crippen molar-refractivity contribution in [3.05, 3.63) is 29.6 Å². The fourth-order valence-electron chi connectivity index (χ4n) is 2.94. The molecule has 102 valence electrons. The van der Waals surface area contributed by atoms with Crippen LogP contribution >= 0.6 is 0 Å². The van der Waals surface area contributed by atoms with Crippen LogP contribution in [0.2, 0.25) is 0 Å². The van der Waals surface area contributed by atoms with Crippen LogP contribution in [0.15, 0.2) is 18.3 Å². The van der Waals surface area contributed by atoms with Crippen molar-refractivity contribution >= 4 is 16.7 Å². The van der Waals surface area contributed by atoms with Crippen LogP contribution in [-0.4, -0.2) is 32.6 Å². The molecule has 1 aromatic heterocycles. The van der Waals surface area contributed by atoms with E-state index < -0.39 is 10.8 Å². The number of aromatic nitrogens is 1. The molecule has 0 aromatic carbocycles. The van der Waals surface area contributed by atoms with E-state index in [2.05, 4.69) is 16.4 Å². The molecule has 0 saturated carbocycles. The first-order valence-corrected chi connectivity index (χ1v) is 8.32. The number of nitrogens with zero attached hydrogens (tertiary/aromatic N) is 1. The van der Waals surface area contributed by atoms with Crippen molar-refractivity contribution in [3.63, 3.8) is 0 Å². The van der Waals surface area contributed by atoms with Gasteiger partial charge in [0.25, 0.3) is 0 Å². The van der Waals surface area contributed by atoms with Crippen molar-refractivity contribution in [3.8, 4) is 0 Å². The van der Waals surface area contributed by atoms with Crippen molar-refractivity contribution in [2.75, 3.05) is 11.5 Å². The summed E-state index contributed by atoms with van der Waals surface area (Å²) < 4.78 is 11.4. The predicted molar refractivity (Wildman–Crippen MR) is 74.3 cm³/mol. The molecule has 1 aliphatic heterocycles. The van der Waals surface area contributed by atoms with Crippen LogP contribution in [0.25, 0.3) is 0 Å². The summed E-state index contributed by atoms with van der Waals surface area (Å²) in [5, 5.41) is 3.05. The third-order valence-electron chi connectivity index (χ3n) is 3.94. The molecule has 2 aliphatic rings. The molecule has 1 fully saturated rings. The van der Waals surface area contributed by atoms with Gasteiger partial charge in [0.1, 0.15) is 0 Å². The molecular weight excluding hydrogens is 260 g/mol. The summed E-state index contributed by atoms with van der Waals surface area (Å²) in [5.74, 6) is 1.25. The van der Waals surface area contributed by atoms with Crippen molar-refractivity contribution < 1.29 is 9.00 Å². The average Bonchev–Trinajstić information content (AvgIpc) is 2.83. The number of carbonyl (C=O) groups excluding carboxylic acids is 1. The summed E-state index contributed by atoms with van der Waals surface area (Å²) >= 11 is 0. The maximum atomic E-state index is 12.4. The van der Waals surface area contributed by atoms with Gasteiger partial charge in [0.05, 0.1) is 11.6 Å². The lowest BCUT2D eigenvalue weighted by Crippen LogP contribution is -2.39. The molecule has 19 heavy (non-hydrogen) atoms. The fourth-order valence-corrected chi connectivity index (χ4v) is 4.36. The van der Waals surface area contributed by atoms with Crippen LogP contribution in [-0.2, 0) is 22.0 Å². The smallest absolute Gasteiger partial charge is 0.229 e. The van der Waals surface area contributed by atoms with Crippen molar-refractivity contribution in [2.24, 2.45) is 0 Å². The monoisotopic (exact) mass is 278 g/mol. The second-order valence-corrected chi connectivity index (χ2v) is 6.92. The lowest BCUT2D eigenvalue weighted by Gasteiger charge is -2.24. The van der Waals surface area contributed by atoms with Gasteiger partial charge in [0.15, 0.2) is 0 Å². The Hall–Kier alpha value is -1.23. The Bertz CT molecular complexity index is 518. The highest BCUT2D eigenvalue weighted by Crippen LogP contribution is 2.30. The quantitative estimate of drug-likeness (QED) is 0.882. The van der Waals surface area contributed by atoms with E-state index in [0.29, 0.717) is 11.5 Å². The Morgan fingerprint density at radius 1 is 1.42 bits per heavy atom. The number of pyridine rings is 1. The first kappa shape index (κ1) is 12.8. The summed E-state index contributed by atoms with van der Waals surface area (Å²) in [5.41, 5.74) is 2.13. The number of rotatable bonds is 2. The highest BCUT2D eigenvalue weighted by atomic mass is 32.2. The molecule has 4 nitrogen and oxygen atoms in total. The molecule has 0 spiro atoms. The van der Waals surface area contributed by atoms with Crippen LogP contribution in [0.5, 0.6) is 0 Å². The fraction of sp³-hybridized carbons (Fsp3) is 0.571. The third kappa shape index (κ3) is 2.71. The standard InChI is InChI=1S/C14H18N2O2S/c17-14(16-11-6-8-19(18)9-11)12-5-1-3-10-4-2-7-15-13(10)12/h2,4,7,11-12H,1,3,5-6,8-9H2,(H,16,17). The van der Waals surface area contributed by atoms with Crippen molar-refractivity contribution in [2.45, 2.75) is 37.6 Å². The summed E-state index contributed by atoms with van der Waals surface area (Å²) in [6.45, 7) is 0. The van der Waals surface area contributed by atoms with Gasteiger partial charge in [-0.1, -0.05) is 6.07 Å². The predicted octanol–water partition coefficient (Wildman–Crippen LogP) is 1.14. The van der Waals surface area contributed by atoms with Gasteiger partial charge in [-0.25, -0.2) is 0 Å². The molecular formula is C14H18N2O2S. The first-order chi connectivity index (χ1) is 9.24. The average molecular weight is 278 g/mol. The second-order valence-electron chi connectivity index (χ2n) is 5.30. The molecule has 1 saturated heterocycles. The summed E-state index contributed by atoms with van der Waals surface area (Å²) in [4.78, 5) is 16.8. The molecule has 3 rings (SSSR count). The molecule has 1 amide bonds. The Balaban J connectivity index is 1.72. The van der Waals surface area contributed by atoms with E-state index in [9.17, 15) is 9.00 Å². The zero-order valence-corrected chi connectivity index (χ0v) is 11.6. The minimum atomic E-state index is -0.750. The molecule has 0 bridgehead atoms. The van der Waals surface area contributed by atoms with Gasteiger partial charge < -0.3 is 5.32 Å². The molecule has 0 radical (unpaired) electrons. The van der Waals surface area contributed by atoms with Crippen LogP contribution in [0.1, 0.15) is 36.4 Å². The van der Waals surface area contributed by atoms with E-state index in [1.807, 2.05) is 6.07 Å². The molecule has 1 aliphatic carbocycles. The van der Waals surface area contributed by atoms with Gasteiger partial charge in [-0.2, -0.15) is 0 Å².